The highest BCUT2D eigenvalue weighted by Crippen LogP contribution is 2.20. The summed E-state index contributed by atoms with van der Waals surface area (Å²) in [5.74, 6) is 0.0713. The zero-order valence-electron chi connectivity index (χ0n) is 16.3. The van der Waals surface area contributed by atoms with Gasteiger partial charge in [0.05, 0.1) is 16.6 Å². The van der Waals surface area contributed by atoms with Crippen LogP contribution in [0.1, 0.15) is 28.2 Å². The number of rotatable bonds is 7. The first-order valence-electron chi connectivity index (χ1n) is 9.83. The number of halogens is 2. The normalized spacial score (nSPS) is 11.0. The van der Waals surface area contributed by atoms with Crippen LogP contribution in [-0.2, 0) is 13.0 Å². The number of nitrogens with zero attached hydrogens (tertiary/aromatic N) is 2. The average Bonchev–Trinajstić information content (AvgIpc) is 3.10. The number of hydrogen-bond donors (Lipinski definition) is 1. The molecule has 0 spiro atoms. The van der Waals surface area contributed by atoms with E-state index in [1.807, 2.05) is 30.3 Å². The molecule has 1 aromatic heterocycles. The van der Waals surface area contributed by atoms with Crippen LogP contribution in [0.4, 0.5) is 4.39 Å². The van der Waals surface area contributed by atoms with E-state index in [1.165, 1.54) is 17.7 Å². The van der Waals surface area contributed by atoms with Crippen LogP contribution in [0.3, 0.4) is 0 Å². The predicted molar refractivity (Wildman–Crippen MR) is 120 cm³/mol. The Labute approximate surface area is 182 Å². The number of fused-ring (bicyclic) bond motifs is 1. The van der Waals surface area contributed by atoms with E-state index in [0.717, 1.165) is 27.9 Å². The lowest BCUT2D eigenvalue weighted by atomic mass is 10.2. The summed E-state index contributed by atoms with van der Waals surface area (Å²) in [5, 5.41) is 2.80. The maximum atomic E-state index is 13.7. The van der Waals surface area contributed by atoms with Gasteiger partial charge in [-0.25, -0.2) is 9.37 Å². The molecule has 0 atom stereocenters. The van der Waals surface area contributed by atoms with E-state index in [2.05, 4.69) is 44.0 Å². The summed E-state index contributed by atoms with van der Waals surface area (Å²) in [6.07, 6.45) is 1.42. The maximum absolute atomic E-state index is 13.7. The molecule has 0 bridgehead atoms. The molecule has 1 amide bonds. The molecule has 152 valence electrons. The molecule has 1 N–H and O–H groups in total. The van der Waals surface area contributed by atoms with Crippen molar-refractivity contribution in [1.29, 1.82) is 0 Å². The molecule has 0 radical (unpaired) electrons. The van der Waals surface area contributed by atoms with E-state index in [1.54, 1.807) is 12.1 Å². The lowest BCUT2D eigenvalue weighted by Crippen LogP contribution is -2.25. The number of carbonyl (C=O) groups excluding carboxylic acids is 1. The summed E-state index contributed by atoms with van der Waals surface area (Å²) in [5.41, 5.74) is 3.31. The van der Waals surface area contributed by atoms with Gasteiger partial charge < -0.3 is 9.88 Å². The molecule has 0 saturated heterocycles. The van der Waals surface area contributed by atoms with Crippen molar-refractivity contribution in [3.63, 3.8) is 0 Å². The second kappa shape index (κ2) is 9.22. The molecule has 4 aromatic rings. The Hall–Kier alpha value is -2.99. The van der Waals surface area contributed by atoms with Crippen molar-refractivity contribution in [3.05, 3.63) is 100 Å². The molecule has 30 heavy (non-hydrogen) atoms. The second-order valence-corrected chi connectivity index (χ2v) is 7.98. The Morgan fingerprint density at radius 1 is 1.00 bits per heavy atom. The fourth-order valence-electron chi connectivity index (χ4n) is 3.45. The van der Waals surface area contributed by atoms with E-state index in [9.17, 15) is 9.18 Å². The van der Waals surface area contributed by atoms with Gasteiger partial charge in [-0.05, 0) is 48.4 Å². The van der Waals surface area contributed by atoms with Gasteiger partial charge in [0.1, 0.15) is 11.6 Å². The number of carbonyl (C=O) groups is 1. The number of hydrogen-bond acceptors (Lipinski definition) is 2. The van der Waals surface area contributed by atoms with Gasteiger partial charge in [-0.3, -0.25) is 4.79 Å². The molecule has 3 aromatic carbocycles. The Morgan fingerprint density at radius 2 is 1.73 bits per heavy atom. The Balaban J connectivity index is 1.45. The molecule has 0 aliphatic heterocycles. The molecule has 0 aliphatic rings. The Morgan fingerprint density at radius 3 is 2.53 bits per heavy atom. The minimum Gasteiger partial charge on any atom is -0.352 e. The minimum absolute atomic E-state index is 0.0694. The number of aryl methyl sites for hydroxylation is 1. The van der Waals surface area contributed by atoms with Crippen molar-refractivity contribution < 1.29 is 9.18 Å². The highest BCUT2D eigenvalue weighted by molar-refractivity contribution is 9.10. The third-order valence-corrected chi connectivity index (χ3v) is 5.50. The monoisotopic (exact) mass is 465 g/mol. The van der Waals surface area contributed by atoms with E-state index >= 15 is 0 Å². The highest BCUT2D eigenvalue weighted by Gasteiger charge is 2.12. The van der Waals surface area contributed by atoms with Crippen LogP contribution in [0, 0.1) is 5.82 Å². The third kappa shape index (κ3) is 4.60. The number of amides is 1. The van der Waals surface area contributed by atoms with Crippen molar-refractivity contribution in [2.75, 3.05) is 6.54 Å². The van der Waals surface area contributed by atoms with Crippen LogP contribution < -0.4 is 5.32 Å². The molecule has 0 fully saturated rings. The third-order valence-electron chi connectivity index (χ3n) is 4.97. The number of para-hydroxylation sites is 2. The summed E-state index contributed by atoms with van der Waals surface area (Å²) in [7, 11) is 0. The van der Waals surface area contributed by atoms with Crippen molar-refractivity contribution in [2.45, 2.75) is 19.4 Å². The van der Waals surface area contributed by atoms with Gasteiger partial charge in [0.15, 0.2) is 0 Å². The summed E-state index contributed by atoms with van der Waals surface area (Å²) < 4.78 is 17.0. The van der Waals surface area contributed by atoms with Crippen molar-refractivity contribution in [1.82, 2.24) is 14.9 Å². The summed E-state index contributed by atoms with van der Waals surface area (Å²) in [6.45, 7) is 1.18. The Kier molecular flexibility index (Phi) is 6.23. The zero-order chi connectivity index (χ0) is 20.9. The second-order valence-electron chi connectivity index (χ2n) is 7.07. The smallest absolute Gasteiger partial charge is 0.254 e. The van der Waals surface area contributed by atoms with Crippen LogP contribution in [-0.4, -0.2) is 22.0 Å². The molecule has 0 saturated carbocycles. The van der Waals surface area contributed by atoms with Crippen LogP contribution in [0.2, 0.25) is 0 Å². The van der Waals surface area contributed by atoms with Crippen LogP contribution in [0.15, 0.2) is 77.3 Å². The summed E-state index contributed by atoms with van der Waals surface area (Å²) >= 11 is 3.48. The van der Waals surface area contributed by atoms with Crippen LogP contribution in [0.5, 0.6) is 0 Å². The lowest BCUT2D eigenvalue weighted by molar-refractivity contribution is 0.0949. The van der Waals surface area contributed by atoms with E-state index in [0.29, 0.717) is 19.4 Å². The molecule has 4 nitrogen and oxygen atoms in total. The fraction of sp³-hybridized carbons (Fsp3) is 0.167. The van der Waals surface area contributed by atoms with Gasteiger partial charge in [0.25, 0.3) is 5.91 Å². The van der Waals surface area contributed by atoms with Crippen molar-refractivity contribution in [3.8, 4) is 0 Å². The summed E-state index contributed by atoms with van der Waals surface area (Å²) in [4.78, 5) is 17.0. The number of aromatic nitrogens is 2. The van der Waals surface area contributed by atoms with E-state index < -0.39 is 11.7 Å². The molecule has 0 unspecified atom stereocenters. The topological polar surface area (TPSA) is 46.9 Å². The number of imidazole rings is 1. The van der Waals surface area contributed by atoms with Crippen LogP contribution >= 0.6 is 15.9 Å². The SMILES string of the molecule is O=C(NCCCc1nc2ccccc2n1Cc1ccc(Br)cc1)c1ccccc1F. The van der Waals surface area contributed by atoms with Crippen LogP contribution in [0.25, 0.3) is 11.0 Å². The predicted octanol–water partition coefficient (Wildman–Crippen LogP) is 5.35. The van der Waals surface area contributed by atoms with Gasteiger partial charge in [-0.1, -0.05) is 52.3 Å². The largest absolute Gasteiger partial charge is 0.352 e. The first-order chi connectivity index (χ1) is 14.6. The average molecular weight is 466 g/mol. The first kappa shape index (κ1) is 20.3. The lowest BCUT2D eigenvalue weighted by Gasteiger charge is -2.10. The Bertz CT molecular complexity index is 1170. The van der Waals surface area contributed by atoms with Gasteiger partial charge in [0, 0.05) is 24.0 Å². The first-order valence-corrected chi connectivity index (χ1v) is 10.6. The van der Waals surface area contributed by atoms with Gasteiger partial charge in [-0.15, -0.1) is 0 Å². The molecular weight excluding hydrogens is 445 g/mol. The van der Waals surface area contributed by atoms with Crippen molar-refractivity contribution >= 4 is 32.9 Å². The molecule has 0 aliphatic carbocycles. The van der Waals surface area contributed by atoms with Crippen molar-refractivity contribution in [2.24, 2.45) is 0 Å². The molecule has 1 heterocycles. The summed E-state index contributed by atoms with van der Waals surface area (Å²) in [6, 6.07) is 22.3. The van der Waals surface area contributed by atoms with E-state index in [4.69, 9.17) is 4.98 Å². The highest BCUT2D eigenvalue weighted by atomic mass is 79.9. The van der Waals surface area contributed by atoms with Gasteiger partial charge >= 0.3 is 0 Å². The van der Waals surface area contributed by atoms with Gasteiger partial charge in [-0.2, -0.15) is 0 Å². The number of nitrogens with one attached hydrogen (secondary N) is 1. The zero-order valence-corrected chi connectivity index (χ0v) is 17.9. The van der Waals surface area contributed by atoms with Gasteiger partial charge in [0.2, 0.25) is 0 Å². The molecular formula is C24H21BrFN3O. The molecule has 4 rings (SSSR count). The quantitative estimate of drug-likeness (QED) is 0.374. The number of benzene rings is 3. The van der Waals surface area contributed by atoms with E-state index in [-0.39, 0.29) is 5.56 Å². The minimum atomic E-state index is -0.508. The standard InChI is InChI=1S/C24H21BrFN3O/c25-18-13-11-17(12-14-18)16-29-22-9-4-3-8-21(22)28-23(29)10-5-15-27-24(30)19-6-1-2-7-20(19)26/h1-4,6-9,11-14H,5,10,15-16H2,(H,27,30). The molecule has 6 heteroatoms. The fourth-order valence-corrected chi connectivity index (χ4v) is 3.72. The maximum Gasteiger partial charge on any atom is 0.254 e.